The molecule has 2 N–H and O–H groups in total. The Hall–Kier alpha value is -5.77. The summed E-state index contributed by atoms with van der Waals surface area (Å²) in [4.78, 5) is 73.1. The molecule has 0 aliphatic rings. The molecule has 0 fully saturated rings. The Morgan fingerprint density at radius 2 is 1.50 bits per heavy atom. The van der Waals surface area contributed by atoms with Crippen molar-refractivity contribution in [3.63, 3.8) is 0 Å². The fraction of sp³-hybridized carbons (Fsp3) is 0.333. The van der Waals surface area contributed by atoms with Crippen LogP contribution in [0.25, 0.3) is 44.1 Å². The molecule has 0 bridgehead atoms. The first-order valence-electron chi connectivity index (χ1n) is 15.8. The van der Waals surface area contributed by atoms with Gasteiger partial charge in [0, 0.05) is 50.0 Å². The van der Waals surface area contributed by atoms with Gasteiger partial charge in [0.1, 0.15) is 12.3 Å². The molecule has 0 atom stereocenters. The SMILES string of the molecule is COc1ccc2nc3cc(Cl)ccc3c(NCCCCCCNC(=O)Cn3c(=O)n(C)c(=O)c4c3nc3c(c(=O)n(C)c(=O)n3C)[n+]4[O-])c2c1. The van der Waals surface area contributed by atoms with Crippen molar-refractivity contribution in [2.24, 2.45) is 21.1 Å². The minimum atomic E-state index is -0.995. The Kier molecular flexibility index (Phi) is 9.29. The molecule has 0 radical (unpaired) electrons. The van der Waals surface area contributed by atoms with Crippen molar-refractivity contribution in [3.05, 3.63) is 88.3 Å². The molecule has 0 spiro atoms. The Labute approximate surface area is 287 Å². The van der Waals surface area contributed by atoms with E-state index in [9.17, 15) is 29.2 Å². The normalized spacial score (nSPS) is 11.5. The van der Waals surface area contributed by atoms with Crippen LogP contribution in [-0.2, 0) is 32.5 Å². The Morgan fingerprint density at radius 1 is 0.820 bits per heavy atom. The first-order chi connectivity index (χ1) is 23.9. The number of carbonyl (C=O) groups is 1. The molecule has 17 heteroatoms. The summed E-state index contributed by atoms with van der Waals surface area (Å²) in [7, 11) is 5.26. The van der Waals surface area contributed by atoms with Gasteiger partial charge in [-0.25, -0.2) is 14.6 Å². The van der Waals surface area contributed by atoms with Gasteiger partial charge >= 0.3 is 33.5 Å². The number of nitrogens with zero attached hydrogens (tertiary/aromatic N) is 7. The molecule has 0 saturated heterocycles. The second-order valence-corrected chi connectivity index (χ2v) is 12.3. The number of halogens is 1. The van der Waals surface area contributed by atoms with Gasteiger partial charge in [-0.2, -0.15) is 4.98 Å². The van der Waals surface area contributed by atoms with Gasteiger partial charge in [0.25, 0.3) is 0 Å². The molecule has 0 aliphatic heterocycles. The van der Waals surface area contributed by atoms with Gasteiger partial charge in [-0.1, -0.05) is 24.4 Å². The summed E-state index contributed by atoms with van der Waals surface area (Å²) in [5, 5.41) is 22.1. The van der Waals surface area contributed by atoms with Crippen molar-refractivity contribution in [1.29, 1.82) is 0 Å². The number of benzene rings is 2. The van der Waals surface area contributed by atoms with E-state index in [1.54, 1.807) is 7.11 Å². The standard InChI is InChI=1S/C33H34ClN9O7/c1-39-28-26(30(45)40(2)32(39)47)43(49)27-29(38-28)42(33(48)41(3)31(27)46)17-24(44)35-13-7-5-6-8-14-36-25-20-11-9-18(34)15-23(20)37-22-12-10-19(50-4)16-21(22)25/h9-12,15-16H,5-8,13-14,17H2,1-4H3,(H,35,44)(H,36,37). The number of fused-ring (bicyclic) bond motifs is 4. The summed E-state index contributed by atoms with van der Waals surface area (Å²) < 4.78 is 8.72. The zero-order chi connectivity index (χ0) is 35.9. The number of hydrogen-bond acceptors (Lipinski definition) is 10. The molecule has 0 saturated carbocycles. The zero-order valence-electron chi connectivity index (χ0n) is 27.8. The summed E-state index contributed by atoms with van der Waals surface area (Å²) in [6.45, 7) is 0.476. The fourth-order valence-electron chi connectivity index (χ4n) is 5.97. The van der Waals surface area contributed by atoms with Crippen LogP contribution >= 0.6 is 11.6 Å². The van der Waals surface area contributed by atoms with Crippen LogP contribution in [-0.4, -0.2) is 54.3 Å². The summed E-state index contributed by atoms with van der Waals surface area (Å²) in [5.41, 5.74) is -2.93. The second kappa shape index (κ2) is 13.6. The third-order valence-corrected chi connectivity index (χ3v) is 8.93. The maximum atomic E-state index is 13.3. The van der Waals surface area contributed by atoms with Crippen molar-refractivity contribution >= 4 is 67.3 Å². The number of aromatic nitrogens is 7. The van der Waals surface area contributed by atoms with Gasteiger partial charge in [0.15, 0.2) is 0 Å². The molecular formula is C33H34ClN9O7. The van der Waals surface area contributed by atoms with Crippen molar-refractivity contribution in [2.45, 2.75) is 32.2 Å². The van der Waals surface area contributed by atoms with E-state index < -0.39 is 51.6 Å². The highest BCUT2D eigenvalue weighted by molar-refractivity contribution is 6.31. The van der Waals surface area contributed by atoms with Gasteiger partial charge < -0.3 is 20.6 Å². The highest BCUT2D eigenvalue weighted by atomic mass is 35.5. The number of methoxy groups -OCH3 is 1. The molecule has 0 unspecified atom stereocenters. The Bertz CT molecular complexity index is 2590. The predicted octanol–water partition coefficient (Wildman–Crippen LogP) is 1.43. The van der Waals surface area contributed by atoms with E-state index in [0.717, 1.165) is 68.7 Å². The molecule has 4 aromatic heterocycles. The molecule has 0 aliphatic carbocycles. The zero-order valence-corrected chi connectivity index (χ0v) is 28.5. The first kappa shape index (κ1) is 34.1. The van der Waals surface area contributed by atoms with Crippen molar-refractivity contribution in [2.75, 3.05) is 25.5 Å². The smallest absolute Gasteiger partial charge is 0.333 e. The van der Waals surface area contributed by atoms with Crippen molar-refractivity contribution in [3.8, 4) is 5.75 Å². The molecule has 2 aromatic carbocycles. The van der Waals surface area contributed by atoms with Crippen LogP contribution in [0.3, 0.4) is 0 Å². The highest BCUT2D eigenvalue weighted by Gasteiger charge is 2.27. The Morgan fingerprint density at radius 3 is 2.22 bits per heavy atom. The third kappa shape index (κ3) is 6.02. The number of hydrogen-bond donors (Lipinski definition) is 2. The number of aryl methyl sites for hydroxylation is 1. The Balaban J connectivity index is 1.09. The van der Waals surface area contributed by atoms with E-state index in [1.807, 2.05) is 36.4 Å². The topological polar surface area (TPSA) is 191 Å². The molecule has 4 heterocycles. The van der Waals surface area contributed by atoms with Gasteiger partial charge in [-0.05, 0) is 49.2 Å². The lowest BCUT2D eigenvalue weighted by molar-refractivity contribution is -0.550. The number of unbranched alkanes of at least 4 members (excludes halogenated alkanes) is 3. The lowest BCUT2D eigenvalue weighted by Gasteiger charge is -2.14. The molecular weight excluding hydrogens is 670 g/mol. The monoisotopic (exact) mass is 703 g/mol. The maximum absolute atomic E-state index is 13.3. The maximum Gasteiger partial charge on any atom is 0.333 e. The summed E-state index contributed by atoms with van der Waals surface area (Å²) in [6, 6.07) is 11.3. The van der Waals surface area contributed by atoms with E-state index in [2.05, 4.69) is 15.6 Å². The van der Waals surface area contributed by atoms with E-state index in [-0.39, 0.29) is 10.4 Å². The number of nitrogens with one attached hydrogen (secondary N) is 2. The van der Waals surface area contributed by atoms with Crippen LogP contribution in [0.5, 0.6) is 5.75 Å². The largest absolute Gasteiger partial charge is 0.617 e. The number of ether oxygens (including phenoxy) is 1. The van der Waals surface area contributed by atoms with Gasteiger partial charge in [0.2, 0.25) is 17.2 Å². The predicted molar refractivity (Wildman–Crippen MR) is 189 cm³/mol. The lowest BCUT2D eigenvalue weighted by atomic mass is 10.1. The van der Waals surface area contributed by atoms with Crippen molar-refractivity contribution < 1.29 is 14.3 Å². The van der Waals surface area contributed by atoms with Crippen LogP contribution < -0.4 is 42.6 Å². The second-order valence-electron chi connectivity index (χ2n) is 11.9. The highest BCUT2D eigenvalue weighted by Crippen LogP contribution is 2.34. The van der Waals surface area contributed by atoms with Crippen LogP contribution in [0.15, 0.2) is 55.6 Å². The average molecular weight is 704 g/mol. The van der Waals surface area contributed by atoms with Crippen LogP contribution in [0.2, 0.25) is 5.02 Å². The minimum absolute atomic E-state index is 0.0660. The molecule has 260 valence electrons. The molecule has 6 rings (SSSR count). The number of amides is 1. The number of pyridine rings is 1. The first-order valence-corrected chi connectivity index (χ1v) is 16.2. The summed E-state index contributed by atoms with van der Waals surface area (Å²) in [6.07, 6.45) is 3.22. The average Bonchev–Trinajstić information content (AvgIpc) is 3.10. The van der Waals surface area contributed by atoms with Crippen molar-refractivity contribution in [1.82, 2.24) is 33.6 Å². The molecule has 1 amide bonds. The van der Waals surface area contributed by atoms with Gasteiger partial charge in [-0.3, -0.25) is 32.7 Å². The van der Waals surface area contributed by atoms with Crippen LogP contribution in [0, 0.1) is 5.21 Å². The van der Waals surface area contributed by atoms with E-state index in [0.29, 0.717) is 33.7 Å². The minimum Gasteiger partial charge on any atom is -0.617 e. The third-order valence-electron chi connectivity index (χ3n) is 8.69. The van der Waals surface area contributed by atoms with Crippen LogP contribution in [0.4, 0.5) is 5.69 Å². The lowest BCUT2D eigenvalue weighted by Crippen LogP contribution is -2.50. The molecule has 50 heavy (non-hydrogen) atoms. The van der Waals surface area contributed by atoms with Gasteiger partial charge in [-0.15, -0.1) is 4.73 Å². The quantitative estimate of drug-likeness (QED) is 0.0864. The van der Waals surface area contributed by atoms with Gasteiger partial charge in [0.05, 0.1) is 23.8 Å². The van der Waals surface area contributed by atoms with E-state index in [4.69, 9.17) is 21.3 Å². The number of anilines is 1. The van der Waals surface area contributed by atoms with Crippen LogP contribution in [0.1, 0.15) is 25.7 Å². The molecule has 16 nitrogen and oxygen atoms in total. The summed E-state index contributed by atoms with van der Waals surface area (Å²) >= 11 is 6.23. The molecule has 6 aromatic rings. The fourth-order valence-corrected chi connectivity index (χ4v) is 6.13. The van der Waals surface area contributed by atoms with E-state index >= 15 is 0 Å². The number of rotatable bonds is 11. The number of carbonyl (C=O) groups excluding carboxylic acids is 1. The summed E-state index contributed by atoms with van der Waals surface area (Å²) in [5.74, 6) is 0.183. The van der Waals surface area contributed by atoms with E-state index in [1.165, 1.54) is 14.1 Å².